The summed E-state index contributed by atoms with van der Waals surface area (Å²) in [6, 6.07) is 22.8. The van der Waals surface area contributed by atoms with Crippen molar-refractivity contribution in [3.8, 4) is 22.9 Å². The molecule has 4 aliphatic rings. The van der Waals surface area contributed by atoms with E-state index in [1.165, 1.54) is 9.59 Å². The molecule has 0 fully saturated rings. The molecule has 0 saturated heterocycles. The summed E-state index contributed by atoms with van der Waals surface area (Å²) in [5.74, 6) is 1.51. The first-order valence-electron chi connectivity index (χ1n) is 19.4. The quantitative estimate of drug-likeness (QED) is 0.120. The van der Waals surface area contributed by atoms with E-state index < -0.39 is 0 Å². The number of phenols is 2. The number of allylic oxidation sites excluding steroid dienone is 8. The van der Waals surface area contributed by atoms with Gasteiger partial charge in [-0.1, -0.05) is 91.1 Å². The predicted octanol–water partition coefficient (Wildman–Crippen LogP) is 8.49. The molecule has 59 heavy (non-hydrogen) atoms. The van der Waals surface area contributed by atoms with Crippen LogP contribution in [0, 0.1) is 31.6 Å². The van der Waals surface area contributed by atoms with Gasteiger partial charge < -0.3 is 15.1 Å². The minimum Gasteiger partial charge on any atom is -0.505 e. The molecule has 4 atom stereocenters. The third-order valence-electron chi connectivity index (χ3n) is 10.8. The maximum atomic E-state index is 11.5. The third-order valence-corrected chi connectivity index (χ3v) is 11.1. The van der Waals surface area contributed by atoms with Gasteiger partial charge in [-0.15, -0.1) is 41.6 Å². The number of aromatic nitrogens is 6. The number of nitrogens with zero attached hydrogens (tertiary/aromatic N) is 7. The van der Waals surface area contributed by atoms with Gasteiger partial charge >= 0.3 is 0 Å². The van der Waals surface area contributed by atoms with Gasteiger partial charge in [0.1, 0.15) is 57.5 Å². The minimum absolute atomic E-state index is 0.0574. The second-order valence-electron chi connectivity index (χ2n) is 14.9. The molecular formula is C47H42ClN7O4. The Bertz CT molecular complexity index is 2690. The largest absolute Gasteiger partial charge is 0.505 e. The van der Waals surface area contributed by atoms with Gasteiger partial charge in [0.05, 0.1) is 11.9 Å². The second kappa shape index (κ2) is 16.9. The monoisotopic (exact) mass is 803 g/mol. The van der Waals surface area contributed by atoms with Crippen LogP contribution in [0.15, 0.2) is 145 Å². The Morgan fingerprint density at radius 2 is 1.15 bits per heavy atom. The maximum Gasteiger partial charge on any atom is 0.148 e. The molecule has 10 rings (SSSR count). The average molecular weight is 804 g/mol. The first-order chi connectivity index (χ1) is 28.7. The topological polar surface area (TPSA) is 139 Å². The van der Waals surface area contributed by atoms with Crippen molar-refractivity contribution in [1.29, 1.82) is 0 Å². The standard InChI is InChI=1S/C23H20N4O2.C14H12ClN3O.C10H10O/c1-15-10-16(12-26-13-17(14-28)18-6-2-5-9-21(18)26)23(29)22(11-15)27-24-19-7-3-4-8-20(19)25-27;1-9-6-10(8-15)14(19)13(7-9)18-16-11-4-2-3-5-12(11)17-18;11-7-9-6-5-8-3-1-2-4-10(8)9/h2-11,13-14,18,21,29H,12H2,1H3;2-7,19H,8H2,1H3;1-4,6-8,10H,5H2. The highest BCUT2D eigenvalue weighted by atomic mass is 35.5. The number of fused-ring (bicyclic) bond motifs is 4. The summed E-state index contributed by atoms with van der Waals surface area (Å²) in [6.45, 7) is 4.42. The summed E-state index contributed by atoms with van der Waals surface area (Å²) in [7, 11) is 0. The van der Waals surface area contributed by atoms with Crippen molar-refractivity contribution >= 4 is 46.2 Å². The molecule has 3 aliphatic carbocycles. The van der Waals surface area contributed by atoms with Gasteiger partial charge in [0.15, 0.2) is 0 Å². The highest BCUT2D eigenvalue weighted by Gasteiger charge is 2.33. The van der Waals surface area contributed by atoms with Crippen molar-refractivity contribution in [2.45, 2.75) is 38.7 Å². The van der Waals surface area contributed by atoms with Crippen LogP contribution >= 0.6 is 11.6 Å². The number of hydrogen-bond donors (Lipinski definition) is 2. The maximum absolute atomic E-state index is 11.5. The van der Waals surface area contributed by atoms with Crippen molar-refractivity contribution in [2.24, 2.45) is 17.8 Å². The number of carbonyl (C=O) groups is 2. The lowest BCUT2D eigenvalue weighted by Crippen LogP contribution is -2.30. The molecular weight excluding hydrogens is 762 g/mol. The third kappa shape index (κ3) is 8.02. The van der Waals surface area contributed by atoms with Gasteiger partial charge in [-0.25, -0.2) is 0 Å². The zero-order valence-corrected chi connectivity index (χ0v) is 33.3. The fraction of sp³-hybridized carbons (Fsp3) is 0.191. The summed E-state index contributed by atoms with van der Waals surface area (Å²) in [5, 5.41) is 39.0. The molecule has 0 saturated carbocycles. The number of halogens is 1. The number of rotatable bonds is 7. The number of aldehydes is 2. The Morgan fingerprint density at radius 1 is 0.661 bits per heavy atom. The molecule has 1 aliphatic heterocycles. The van der Waals surface area contributed by atoms with Gasteiger partial charge in [-0.05, 0) is 79.3 Å². The van der Waals surface area contributed by atoms with Gasteiger partial charge in [-0.3, -0.25) is 9.59 Å². The van der Waals surface area contributed by atoms with Crippen LogP contribution in [0.1, 0.15) is 28.7 Å². The number of aryl methyl sites for hydroxylation is 2. The van der Waals surface area contributed by atoms with E-state index in [1.54, 1.807) is 0 Å². The number of hydrogen-bond acceptors (Lipinski definition) is 9. The molecule has 0 radical (unpaired) electrons. The highest BCUT2D eigenvalue weighted by Crippen LogP contribution is 2.37. The van der Waals surface area contributed by atoms with Crippen LogP contribution in [0.3, 0.4) is 0 Å². The van der Waals surface area contributed by atoms with E-state index in [-0.39, 0.29) is 29.3 Å². The van der Waals surface area contributed by atoms with E-state index >= 15 is 0 Å². The summed E-state index contributed by atoms with van der Waals surface area (Å²) in [4.78, 5) is 27.0. The lowest BCUT2D eigenvalue weighted by Gasteiger charge is -2.28. The van der Waals surface area contributed by atoms with Crippen LogP contribution in [0.25, 0.3) is 33.4 Å². The molecule has 0 spiro atoms. The molecule has 0 amide bonds. The molecule has 12 heteroatoms. The fourth-order valence-corrected chi connectivity index (χ4v) is 8.15. The van der Waals surface area contributed by atoms with Crippen LogP contribution < -0.4 is 0 Å². The number of phenolic OH excluding ortho intramolecular Hbond substituents is 2. The van der Waals surface area contributed by atoms with E-state index in [1.807, 2.05) is 123 Å². The first-order valence-corrected chi connectivity index (χ1v) is 19.9. The predicted molar refractivity (Wildman–Crippen MR) is 229 cm³/mol. The van der Waals surface area contributed by atoms with Crippen molar-refractivity contribution in [3.05, 3.63) is 167 Å². The van der Waals surface area contributed by atoms with Crippen molar-refractivity contribution < 1.29 is 19.8 Å². The lowest BCUT2D eigenvalue weighted by molar-refractivity contribution is -0.105. The Hall–Kier alpha value is -6.85. The Labute approximate surface area is 346 Å². The molecule has 11 nitrogen and oxygen atoms in total. The molecule has 2 N–H and O–H groups in total. The molecule has 3 heterocycles. The molecule has 2 aromatic heterocycles. The van der Waals surface area contributed by atoms with E-state index in [9.17, 15) is 19.8 Å². The van der Waals surface area contributed by atoms with Gasteiger partial charge in [0.25, 0.3) is 0 Å². The van der Waals surface area contributed by atoms with Crippen LogP contribution in [-0.4, -0.2) is 63.7 Å². The van der Waals surface area contributed by atoms with Crippen LogP contribution in [0.5, 0.6) is 11.5 Å². The number of benzene rings is 4. The fourth-order valence-electron chi connectivity index (χ4n) is 7.94. The van der Waals surface area contributed by atoms with Crippen molar-refractivity contribution in [1.82, 2.24) is 34.9 Å². The lowest BCUT2D eigenvalue weighted by atomic mass is 9.88. The first kappa shape index (κ1) is 39.0. The zero-order chi connectivity index (χ0) is 41.0. The summed E-state index contributed by atoms with van der Waals surface area (Å²) >= 11 is 5.83. The average Bonchev–Trinajstić information content (AvgIpc) is 4.07. The van der Waals surface area contributed by atoms with Crippen LogP contribution in [0.4, 0.5) is 0 Å². The highest BCUT2D eigenvalue weighted by molar-refractivity contribution is 6.17. The van der Waals surface area contributed by atoms with Crippen molar-refractivity contribution in [2.75, 3.05) is 0 Å². The second-order valence-corrected chi connectivity index (χ2v) is 15.2. The number of alkyl halides is 1. The molecule has 6 aromatic rings. The minimum atomic E-state index is 0.0574. The normalized spacial score (nSPS) is 19.7. The van der Waals surface area contributed by atoms with Crippen LogP contribution in [0.2, 0.25) is 0 Å². The van der Waals surface area contributed by atoms with Crippen molar-refractivity contribution in [3.63, 3.8) is 0 Å². The summed E-state index contributed by atoms with van der Waals surface area (Å²) in [6.07, 6.45) is 23.3. The Morgan fingerprint density at radius 3 is 1.69 bits per heavy atom. The molecule has 4 aromatic carbocycles. The van der Waals surface area contributed by atoms with E-state index in [0.717, 1.165) is 68.9 Å². The summed E-state index contributed by atoms with van der Waals surface area (Å²) < 4.78 is 0. The molecule has 296 valence electrons. The Kier molecular flexibility index (Phi) is 11.2. The van der Waals surface area contributed by atoms with E-state index in [2.05, 4.69) is 49.6 Å². The van der Waals surface area contributed by atoms with Gasteiger partial charge in [-0.2, -0.15) is 0 Å². The zero-order valence-electron chi connectivity index (χ0n) is 32.5. The van der Waals surface area contributed by atoms with Gasteiger partial charge in [0.2, 0.25) is 0 Å². The molecule has 0 bridgehead atoms. The number of aromatic hydroxyl groups is 2. The Balaban J connectivity index is 0.000000137. The van der Waals surface area contributed by atoms with E-state index in [0.29, 0.717) is 35.3 Å². The number of carbonyl (C=O) groups excluding carboxylic acids is 2. The molecule has 4 unspecified atom stereocenters. The van der Waals surface area contributed by atoms with E-state index in [4.69, 9.17) is 11.6 Å². The SMILES string of the molecule is Cc1cc(CCl)c(O)c(-n2nc3ccccc3n2)c1.Cc1cc(CN2C=C(C=O)C3C=CC=CC32)c(O)c(-n2nc3ccccc3n2)c1.O=CC1=CCC2C=CC=CC12. The van der Waals surface area contributed by atoms with Crippen LogP contribution in [-0.2, 0) is 22.0 Å². The summed E-state index contributed by atoms with van der Waals surface area (Å²) in [5.41, 5.74) is 9.38. The van der Waals surface area contributed by atoms with Gasteiger partial charge in [0, 0.05) is 41.3 Å². The smallest absolute Gasteiger partial charge is 0.148 e.